The molecule has 96 valence electrons. The third kappa shape index (κ3) is 2.19. The van der Waals surface area contributed by atoms with E-state index in [4.69, 9.17) is 5.11 Å². The van der Waals surface area contributed by atoms with Crippen LogP contribution in [0.2, 0.25) is 0 Å². The van der Waals surface area contributed by atoms with Crippen molar-refractivity contribution in [2.24, 2.45) is 0 Å². The van der Waals surface area contributed by atoms with Gasteiger partial charge >= 0.3 is 5.97 Å². The maximum absolute atomic E-state index is 11.0. The van der Waals surface area contributed by atoms with Gasteiger partial charge in [0.05, 0.1) is 4.87 Å². The highest BCUT2D eigenvalue weighted by atomic mass is 79.9. The largest absolute Gasteiger partial charge is 0.480 e. The summed E-state index contributed by atoms with van der Waals surface area (Å²) in [6, 6.07) is 5.99. The summed E-state index contributed by atoms with van der Waals surface area (Å²) in [6.07, 6.45) is 2.94. The Kier molecular flexibility index (Phi) is 3.16. The van der Waals surface area contributed by atoms with Gasteiger partial charge in [-0.05, 0) is 36.1 Å². The molecule has 3 nitrogen and oxygen atoms in total. The van der Waals surface area contributed by atoms with Gasteiger partial charge in [0.2, 0.25) is 0 Å². The number of aryl methyl sites for hydroxylation is 1. The van der Waals surface area contributed by atoms with E-state index in [1.54, 1.807) is 11.8 Å². The monoisotopic (exact) mass is 327 g/mol. The smallest absolute Gasteiger partial charge is 0.321 e. The summed E-state index contributed by atoms with van der Waals surface area (Å²) in [5.74, 6) is -0.0674. The number of hydrogen-bond acceptors (Lipinski definition) is 3. The van der Waals surface area contributed by atoms with Gasteiger partial charge < -0.3 is 5.11 Å². The van der Waals surface area contributed by atoms with Gasteiger partial charge in [-0.25, -0.2) is 0 Å². The highest BCUT2D eigenvalue weighted by Crippen LogP contribution is 2.41. The van der Waals surface area contributed by atoms with Crippen LogP contribution in [0.15, 0.2) is 22.7 Å². The molecule has 1 aliphatic heterocycles. The standard InChI is InChI=1S/C13H14BrNO2S/c14-10-2-1-9-6-13(4-3-8(9)5-10)15-11(7-18-13)12(16)17/h1-2,5,11,15H,3-4,6-7H2,(H,16,17). The first-order chi connectivity index (χ1) is 8.58. The summed E-state index contributed by atoms with van der Waals surface area (Å²) >= 11 is 5.26. The molecule has 0 bridgehead atoms. The van der Waals surface area contributed by atoms with Gasteiger partial charge in [-0.3, -0.25) is 10.1 Å². The van der Waals surface area contributed by atoms with Gasteiger partial charge in [-0.1, -0.05) is 22.0 Å². The molecule has 0 saturated carbocycles. The number of hydrogen-bond donors (Lipinski definition) is 2. The lowest BCUT2D eigenvalue weighted by Gasteiger charge is -2.34. The zero-order valence-electron chi connectivity index (χ0n) is 9.78. The normalized spacial score (nSPS) is 30.4. The van der Waals surface area contributed by atoms with Gasteiger partial charge in [0, 0.05) is 16.6 Å². The van der Waals surface area contributed by atoms with Crippen LogP contribution in [-0.4, -0.2) is 27.7 Å². The van der Waals surface area contributed by atoms with Crippen molar-refractivity contribution in [3.63, 3.8) is 0 Å². The first kappa shape index (κ1) is 12.5. The summed E-state index contributed by atoms with van der Waals surface area (Å²) in [4.78, 5) is 11.0. The van der Waals surface area contributed by atoms with E-state index in [2.05, 4.69) is 39.4 Å². The lowest BCUT2D eigenvalue weighted by molar-refractivity contribution is -0.138. The lowest BCUT2D eigenvalue weighted by atomic mass is 9.87. The molecule has 3 rings (SSSR count). The van der Waals surface area contributed by atoms with E-state index >= 15 is 0 Å². The molecule has 1 aromatic carbocycles. The van der Waals surface area contributed by atoms with Crippen molar-refractivity contribution < 1.29 is 9.90 Å². The number of halogens is 1. The fraction of sp³-hybridized carbons (Fsp3) is 0.462. The van der Waals surface area contributed by atoms with E-state index in [0.717, 1.165) is 23.7 Å². The lowest BCUT2D eigenvalue weighted by Crippen LogP contribution is -2.48. The van der Waals surface area contributed by atoms with Crippen LogP contribution in [0.25, 0.3) is 0 Å². The van der Waals surface area contributed by atoms with Gasteiger partial charge in [0.1, 0.15) is 6.04 Å². The van der Waals surface area contributed by atoms with Crippen LogP contribution < -0.4 is 5.32 Å². The van der Waals surface area contributed by atoms with Crippen LogP contribution >= 0.6 is 27.7 Å². The zero-order valence-corrected chi connectivity index (χ0v) is 12.2. The van der Waals surface area contributed by atoms with Gasteiger partial charge in [0.25, 0.3) is 0 Å². The molecule has 2 N–H and O–H groups in total. The SMILES string of the molecule is O=C(O)C1CSC2(CCc3cc(Br)ccc3C2)N1. The molecule has 2 atom stereocenters. The number of benzene rings is 1. The maximum Gasteiger partial charge on any atom is 0.321 e. The molecule has 1 heterocycles. The minimum Gasteiger partial charge on any atom is -0.480 e. The highest BCUT2D eigenvalue weighted by molar-refractivity contribution is 9.10. The first-order valence-corrected chi connectivity index (χ1v) is 7.78. The summed E-state index contributed by atoms with van der Waals surface area (Å²) in [5.41, 5.74) is 2.73. The van der Waals surface area contributed by atoms with Crippen LogP contribution in [0.1, 0.15) is 17.5 Å². The average molecular weight is 328 g/mol. The molecule has 2 aliphatic rings. The summed E-state index contributed by atoms with van der Waals surface area (Å²) in [6.45, 7) is 0. The van der Waals surface area contributed by atoms with Crippen molar-refractivity contribution in [2.45, 2.75) is 30.2 Å². The number of carbonyl (C=O) groups is 1. The van der Waals surface area contributed by atoms with Crippen molar-refractivity contribution in [1.29, 1.82) is 0 Å². The Bertz CT molecular complexity index is 508. The quantitative estimate of drug-likeness (QED) is 0.831. The maximum atomic E-state index is 11.0. The van der Waals surface area contributed by atoms with Crippen LogP contribution in [-0.2, 0) is 17.6 Å². The molecule has 2 unspecified atom stereocenters. The number of fused-ring (bicyclic) bond motifs is 1. The molecular weight excluding hydrogens is 314 g/mol. The predicted molar refractivity (Wildman–Crippen MR) is 75.9 cm³/mol. The van der Waals surface area contributed by atoms with Crippen LogP contribution in [0.4, 0.5) is 0 Å². The molecule has 1 saturated heterocycles. The van der Waals surface area contributed by atoms with Crippen molar-refractivity contribution in [3.05, 3.63) is 33.8 Å². The second kappa shape index (κ2) is 4.54. The van der Waals surface area contributed by atoms with E-state index in [1.165, 1.54) is 11.1 Å². The van der Waals surface area contributed by atoms with E-state index in [-0.39, 0.29) is 4.87 Å². The predicted octanol–water partition coefficient (Wildman–Crippen LogP) is 2.42. The first-order valence-electron chi connectivity index (χ1n) is 6.00. The van der Waals surface area contributed by atoms with Gasteiger partial charge in [-0.2, -0.15) is 0 Å². The second-order valence-electron chi connectivity index (χ2n) is 4.93. The Balaban J connectivity index is 1.83. The van der Waals surface area contributed by atoms with Crippen LogP contribution in [0, 0.1) is 0 Å². The van der Waals surface area contributed by atoms with E-state index in [1.807, 2.05) is 0 Å². The minimum atomic E-state index is -0.735. The number of nitrogens with one attached hydrogen (secondary N) is 1. The molecule has 18 heavy (non-hydrogen) atoms. The molecule has 5 heteroatoms. The van der Waals surface area contributed by atoms with Gasteiger partial charge in [-0.15, -0.1) is 11.8 Å². The van der Waals surface area contributed by atoms with Gasteiger partial charge in [0.15, 0.2) is 0 Å². The number of rotatable bonds is 1. The fourth-order valence-electron chi connectivity index (χ4n) is 2.76. The van der Waals surface area contributed by atoms with Crippen molar-refractivity contribution in [2.75, 3.05) is 5.75 Å². The van der Waals surface area contributed by atoms with E-state index in [0.29, 0.717) is 5.75 Å². The fourth-order valence-corrected chi connectivity index (χ4v) is 4.61. The molecule has 1 spiro atoms. The summed E-state index contributed by atoms with van der Waals surface area (Å²) < 4.78 is 1.12. The number of carboxylic acid groups (broad SMARTS) is 1. The Hall–Kier alpha value is -0.520. The van der Waals surface area contributed by atoms with Crippen molar-refractivity contribution in [1.82, 2.24) is 5.32 Å². The molecule has 0 radical (unpaired) electrons. The van der Waals surface area contributed by atoms with Crippen molar-refractivity contribution in [3.8, 4) is 0 Å². The molecular formula is C13H14BrNO2S. The van der Waals surface area contributed by atoms with Crippen LogP contribution in [0.3, 0.4) is 0 Å². The second-order valence-corrected chi connectivity index (χ2v) is 7.25. The Morgan fingerprint density at radius 2 is 2.33 bits per heavy atom. The Morgan fingerprint density at radius 1 is 1.50 bits per heavy atom. The molecule has 0 amide bonds. The molecule has 1 aromatic rings. The third-order valence-electron chi connectivity index (χ3n) is 3.70. The summed E-state index contributed by atoms with van der Waals surface area (Å²) in [5, 5.41) is 12.4. The average Bonchev–Trinajstić information content (AvgIpc) is 2.74. The molecule has 0 aromatic heterocycles. The number of carboxylic acids is 1. The Labute approximate surface area is 118 Å². The van der Waals surface area contributed by atoms with E-state index < -0.39 is 12.0 Å². The van der Waals surface area contributed by atoms with E-state index in [9.17, 15) is 4.79 Å². The Morgan fingerprint density at radius 3 is 3.06 bits per heavy atom. The van der Waals surface area contributed by atoms with Crippen molar-refractivity contribution >= 4 is 33.7 Å². The minimum absolute atomic E-state index is 0.0656. The number of thioether (sulfide) groups is 1. The topological polar surface area (TPSA) is 49.3 Å². The molecule has 1 aliphatic carbocycles. The van der Waals surface area contributed by atoms with Crippen LogP contribution in [0.5, 0.6) is 0 Å². The highest BCUT2D eigenvalue weighted by Gasteiger charge is 2.43. The summed E-state index contributed by atoms with van der Waals surface area (Å²) in [7, 11) is 0. The third-order valence-corrected chi connectivity index (χ3v) is 5.72. The molecule has 1 fully saturated rings. The zero-order chi connectivity index (χ0) is 12.8. The number of aliphatic carboxylic acids is 1.